The van der Waals surface area contributed by atoms with Crippen molar-refractivity contribution in [2.24, 2.45) is 0 Å². The van der Waals surface area contributed by atoms with E-state index in [1.165, 1.54) is 26.7 Å². The molecule has 0 unspecified atom stereocenters. The first-order chi connectivity index (χ1) is 13.9. The Bertz CT molecular complexity index is 756. The van der Waals surface area contributed by atoms with Crippen LogP contribution in [0.25, 0.3) is 0 Å². The van der Waals surface area contributed by atoms with Gasteiger partial charge in [-0.3, -0.25) is 9.59 Å². The number of likely N-dealkylation sites (N-methyl/N-ethyl adjacent to an activating group) is 1. The molecule has 0 aromatic heterocycles. The summed E-state index contributed by atoms with van der Waals surface area (Å²) in [5, 5.41) is 2.60. The summed E-state index contributed by atoms with van der Waals surface area (Å²) < 4.78 is 15.2. The molecule has 1 aliphatic rings. The van der Waals surface area contributed by atoms with Gasteiger partial charge in [-0.2, -0.15) is 0 Å². The molecular weight excluding hydrogens is 376 g/mol. The summed E-state index contributed by atoms with van der Waals surface area (Å²) in [6.45, 7) is -0.490. The Labute approximate surface area is 170 Å². The lowest BCUT2D eigenvalue weighted by Crippen LogP contribution is -2.37. The summed E-state index contributed by atoms with van der Waals surface area (Å²) in [6.07, 6.45) is 7.61. The van der Waals surface area contributed by atoms with Gasteiger partial charge in [-0.15, -0.1) is 0 Å². The summed E-state index contributed by atoms with van der Waals surface area (Å²) in [5.74, 6) is -0.560. The first-order valence-corrected chi connectivity index (χ1v) is 9.58. The zero-order chi connectivity index (χ0) is 21.2. The Hall–Kier alpha value is -3.03. The first kappa shape index (κ1) is 22.3. The lowest BCUT2D eigenvalue weighted by Gasteiger charge is -2.30. The number of carbonyl (C=O) groups excluding carboxylic acids is 3. The van der Waals surface area contributed by atoms with E-state index in [4.69, 9.17) is 14.2 Å². The van der Waals surface area contributed by atoms with Crippen LogP contribution in [0.1, 0.15) is 32.1 Å². The number of anilines is 1. The molecule has 0 bridgehead atoms. The molecule has 0 heterocycles. The summed E-state index contributed by atoms with van der Waals surface area (Å²) in [5.41, 5.74) is 0.396. The second-order valence-electron chi connectivity index (χ2n) is 6.80. The number of rotatable bonds is 8. The molecule has 8 heteroatoms. The normalized spacial score (nSPS) is 14.3. The maximum atomic E-state index is 12.2. The minimum Gasteiger partial charge on any atom is -0.497 e. The van der Waals surface area contributed by atoms with Gasteiger partial charge in [-0.05, 0) is 25.0 Å². The van der Waals surface area contributed by atoms with Crippen LogP contribution in [-0.4, -0.2) is 56.6 Å². The number of hydrogen-bond acceptors (Lipinski definition) is 6. The molecule has 0 radical (unpaired) electrons. The predicted octanol–water partition coefficient (Wildman–Crippen LogP) is 2.53. The Morgan fingerprint density at radius 2 is 1.83 bits per heavy atom. The van der Waals surface area contributed by atoms with Gasteiger partial charge < -0.3 is 24.4 Å². The van der Waals surface area contributed by atoms with Crippen LogP contribution in [0.3, 0.4) is 0 Å². The molecule has 0 atom stereocenters. The highest BCUT2D eigenvalue weighted by atomic mass is 16.5. The van der Waals surface area contributed by atoms with E-state index >= 15 is 0 Å². The molecule has 1 aromatic rings. The number of ether oxygens (including phenoxy) is 3. The number of amides is 2. The lowest BCUT2D eigenvalue weighted by molar-refractivity contribution is -0.142. The van der Waals surface area contributed by atoms with Crippen molar-refractivity contribution >= 4 is 23.5 Å². The van der Waals surface area contributed by atoms with Crippen LogP contribution in [0, 0.1) is 0 Å². The number of benzene rings is 1. The van der Waals surface area contributed by atoms with Crippen LogP contribution < -0.4 is 14.8 Å². The van der Waals surface area contributed by atoms with Crippen LogP contribution >= 0.6 is 0 Å². The molecule has 29 heavy (non-hydrogen) atoms. The molecule has 1 aromatic carbocycles. The number of nitrogens with one attached hydrogen (secondary N) is 1. The minimum atomic E-state index is -0.761. The first-order valence-electron chi connectivity index (χ1n) is 9.58. The fraction of sp³-hybridized carbons (Fsp3) is 0.476. The molecule has 1 fully saturated rings. The van der Waals surface area contributed by atoms with Gasteiger partial charge in [0, 0.05) is 31.3 Å². The number of nitrogens with zero attached hydrogens (tertiary/aromatic N) is 1. The van der Waals surface area contributed by atoms with Gasteiger partial charge in [0.05, 0.1) is 19.9 Å². The van der Waals surface area contributed by atoms with Crippen molar-refractivity contribution in [1.82, 2.24) is 4.90 Å². The Morgan fingerprint density at radius 3 is 2.48 bits per heavy atom. The fourth-order valence-electron chi connectivity index (χ4n) is 3.19. The molecule has 2 rings (SSSR count). The SMILES string of the molecule is COc1ccc(OC)c(NC(=O)COC(=O)C=CC(=O)N(C)C2CCCCC2)c1. The molecule has 2 amide bonds. The zero-order valence-corrected chi connectivity index (χ0v) is 17.1. The van der Waals surface area contributed by atoms with Gasteiger partial charge in [0.1, 0.15) is 11.5 Å². The predicted molar refractivity (Wildman–Crippen MR) is 108 cm³/mol. The van der Waals surface area contributed by atoms with Crippen molar-refractivity contribution in [2.45, 2.75) is 38.1 Å². The van der Waals surface area contributed by atoms with Crippen LogP contribution in [0.5, 0.6) is 11.5 Å². The molecule has 1 N–H and O–H groups in total. The third kappa shape index (κ3) is 6.81. The highest BCUT2D eigenvalue weighted by Crippen LogP contribution is 2.28. The topological polar surface area (TPSA) is 94.2 Å². The summed E-state index contributed by atoms with van der Waals surface area (Å²) >= 11 is 0. The van der Waals surface area contributed by atoms with Gasteiger partial charge in [-0.1, -0.05) is 19.3 Å². The number of carbonyl (C=O) groups is 3. The van der Waals surface area contributed by atoms with Crippen molar-refractivity contribution in [2.75, 3.05) is 33.2 Å². The van der Waals surface area contributed by atoms with E-state index in [1.54, 1.807) is 30.1 Å². The van der Waals surface area contributed by atoms with Gasteiger partial charge in [0.25, 0.3) is 5.91 Å². The largest absolute Gasteiger partial charge is 0.497 e. The molecule has 0 spiro atoms. The molecular formula is C21H28N2O6. The van der Waals surface area contributed by atoms with Crippen LogP contribution in [-0.2, 0) is 19.1 Å². The van der Waals surface area contributed by atoms with E-state index in [0.29, 0.717) is 17.2 Å². The van der Waals surface area contributed by atoms with Crippen LogP contribution in [0.4, 0.5) is 5.69 Å². The third-order valence-corrected chi connectivity index (χ3v) is 4.86. The smallest absolute Gasteiger partial charge is 0.331 e. The van der Waals surface area contributed by atoms with Crippen molar-refractivity contribution in [3.63, 3.8) is 0 Å². The van der Waals surface area contributed by atoms with Gasteiger partial charge in [-0.25, -0.2) is 4.79 Å². The van der Waals surface area contributed by atoms with E-state index < -0.39 is 18.5 Å². The van der Waals surface area contributed by atoms with Crippen molar-refractivity contribution < 1.29 is 28.6 Å². The zero-order valence-electron chi connectivity index (χ0n) is 17.1. The number of esters is 1. The molecule has 158 valence electrons. The average Bonchev–Trinajstić information content (AvgIpc) is 2.75. The maximum absolute atomic E-state index is 12.2. The monoisotopic (exact) mass is 404 g/mol. The second-order valence-corrected chi connectivity index (χ2v) is 6.80. The second kappa shape index (κ2) is 11.1. The summed E-state index contributed by atoms with van der Waals surface area (Å²) in [4.78, 5) is 37.7. The summed E-state index contributed by atoms with van der Waals surface area (Å²) in [7, 11) is 4.72. The Balaban J connectivity index is 1.81. The molecule has 1 saturated carbocycles. The van der Waals surface area contributed by atoms with E-state index in [0.717, 1.165) is 31.8 Å². The lowest BCUT2D eigenvalue weighted by atomic mass is 9.94. The molecule has 1 aliphatic carbocycles. The third-order valence-electron chi connectivity index (χ3n) is 4.86. The van der Waals surface area contributed by atoms with Crippen LogP contribution in [0.2, 0.25) is 0 Å². The number of hydrogen-bond donors (Lipinski definition) is 1. The fourth-order valence-corrected chi connectivity index (χ4v) is 3.19. The van der Waals surface area contributed by atoms with E-state index in [1.807, 2.05) is 0 Å². The number of methoxy groups -OCH3 is 2. The van der Waals surface area contributed by atoms with Gasteiger partial charge >= 0.3 is 5.97 Å². The Kier molecular flexibility index (Phi) is 8.51. The molecule has 0 saturated heterocycles. The van der Waals surface area contributed by atoms with Crippen LogP contribution in [0.15, 0.2) is 30.4 Å². The van der Waals surface area contributed by atoms with E-state index in [9.17, 15) is 14.4 Å². The van der Waals surface area contributed by atoms with E-state index in [2.05, 4.69) is 5.32 Å². The van der Waals surface area contributed by atoms with E-state index in [-0.39, 0.29) is 11.9 Å². The van der Waals surface area contributed by atoms with Crippen molar-refractivity contribution in [1.29, 1.82) is 0 Å². The average molecular weight is 404 g/mol. The highest BCUT2D eigenvalue weighted by molar-refractivity contribution is 5.97. The Morgan fingerprint density at radius 1 is 1.10 bits per heavy atom. The minimum absolute atomic E-state index is 0.209. The highest BCUT2D eigenvalue weighted by Gasteiger charge is 2.20. The van der Waals surface area contributed by atoms with Gasteiger partial charge in [0.2, 0.25) is 5.91 Å². The van der Waals surface area contributed by atoms with Gasteiger partial charge in [0.15, 0.2) is 6.61 Å². The summed E-state index contributed by atoms with van der Waals surface area (Å²) in [6, 6.07) is 5.15. The molecule has 0 aliphatic heterocycles. The maximum Gasteiger partial charge on any atom is 0.331 e. The quantitative estimate of drug-likeness (QED) is 0.529. The van der Waals surface area contributed by atoms with Crippen molar-refractivity contribution in [3.05, 3.63) is 30.4 Å². The standard InChI is InChI=1S/C21H28N2O6/c1-23(15-7-5-4-6-8-15)20(25)11-12-21(26)29-14-19(24)22-17-13-16(27-2)9-10-18(17)28-3/h9-13,15H,4-8,14H2,1-3H3,(H,22,24). The van der Waals surface area contributed by atoms with Crippen molar-refractivity contribution in [3.8, 4) is 11.5 Å². The molecule has 8 nitrogen and oxygen atoms in total.